The summed E-state index contributed by atoms with van der Waals surface area (Å²) in [6, 6.07) is 4.63. The number of nitrogens with one attached hydrogen (secondary N) is 1. The highest BCUT2D eigenvalue weighted by atomic mass is 19.1. The van der Waals surface area contributed by atoms with Crippen molar-refractivity contribution in [3.05, 3.63) is 41.3 Å². The van der Waals surface area contributed by atoms with Gasteiger partial charge >= 0.3 is 0 Å². The molecule has 0 atom stereocenters. The quantitative estimate of drug-likeness (QED) is 0.918. The zero-order valence-corrected chi connectivity index (χ0v) is 12.7. The molecular formula is C15H20FN3O2. The maximum Gasteiger partial charge on any atom is 0.223 e. The van der Waals surface area contributed by atoms with E-state index in [9.17, 15) is 4.39 Å². The second kappa shape index (κ2) is 6.22. The maximum atomic E-state index is 13.6. The summed E-state index contributed by atoms with van der Waals surface area (Å²) in [5.41, 5.74) is 0.791. The second-order valence-corrected chi connectivity index (χ2v) is 5.92. The van der Waals surface area contributed by atoms with Crippen molar-refractivity contribution in [2.75, 3.05) is 0 Å². The lowest BCUT2D eigenvalue weighted by atomic mass is 10.1. The summed E-state index contributed by atoms with van der Waals surface area (Å²) in [5.74, 6) is 1.03. The van der Waals surface area contributed by atoms with Gasteiger partial charge in [0.1, 0.15) is 11.6 Å². The smallest absolute Gasteiger partial charge is 0.223 e. The molecule has 1 aromatic carbocycles. The van der Waals surface area contributed by atoms with Crippen LogP contribution in [-0.2, 0) is 13.2 Å². The van der Waals surface area contributed by atoms with Crippen molar-refractivity contribution in [1.82, 2.24) is 15.5 Å². The predicted octanol–water partition coefficient (Wildman–Crippen LogP) is 2.98. The Morgan fingerprint density at radius 2 is 2.05 bits per heavy atom. The summed E-state index contributed by atoms with van der Waals surface area (Å²) < 4.78 is 24.0. The van der Waals surface area contributed by atoms with Crippen LogP contribution in [0.25, 0.3) is 0 Å². The van der Waals surface area contributed by atoms with Crippen molar-refractivity contribution in [2.24, 2.45) is 0 Å². The zero-order valence-electron chi connectivity index (χ0n) is 12.7. The van der Waals surface area contributed by atoms with E-state index in [0.717, 1.165) is 5.56 Å². The van der Waals surface area contributed by atoms with Crippen LogP contribution < -0.4 is 10.1 Å². The summed E-state index contributed by atoms with van der Waals surface area (Å²) in [5, 5.41) is 7.03. The Kier molecular flexibility index (Phi) is 4.57. The van der Waals surface area contributed by atoms with Crippen molar-refractivity contribution in [1.29, 1.82) is 0 Å². The molecule has 2 aromatic rings. The third kappa shape index (κ3) is 5.15. The first-order valence-corrected chi connectivity index (χ1v) is 6.78. The van der Waals surface area contributed by atoms with Crippen molar-refractivity contribution < 1.29 is 13.7 Å². The van der Waals surface area contributed by atoms with Crippen LogP contribution in [0.4, 0.5) is 4.39 Å². The minimum absolute atomic E-state index is 0.0322. The number of ether oxygens (including phenoxy) is 1. The van der Waals surface area contributed by atoms with Gasteiger partial charge in [0.2, 0.25) is 11.7 Å². The molecule has 0 fully saturated rings. The molecule has 2 rings (SSSR count). The highest BCUT2D eigenvalue weighted by Gasteiger charge is 2.10. The predicted molar refractivity (Wildman–Crippen MR) is 76.4 cm³/mol. The summed E-state index contributed by atoms with van der Waals surface area (Å²) in [4.78, 5) is 4.03. The highest BCUT2D eigenvalue weighted by molar-refractivity contribution is 5.29. The fraction of sp³-hybridized carbons (Fsp3) is 0.467. The van der Waals surface area contributed by atoms with E-state index < -0.39 is 0 Å². The Morgan fingerprint density at radius 1 is 1.29 bits per heavy atom. The van der Waals surface area contributed by atoms with Gasteiger partial charge in [-0.2, -0.15) is 4.98 Å². The van der Waals surface area contributed by atoms with E-state index in [1.165, 1.54) is 12.1 Å². The molecule has 0 saturated heterocycles. The van der Waals surface area contributed by atoms with Crippen LogP contribution in [0.1, 0.15) is 38.0 Å². The van der Waals surface area contributed by atoms with Crippen LogP contribution in [-0.4, -0.2) is 15.7 Å². The molecule has 1 heterocycles. The first-order valence-electron chi connectivity index (χ1n) is 6.78. The van der Waals surface area contributed by atoms with Gasteiger partial charge in [0.25, 0.3) is 0 Å². The summed E-state index contributed by atoms with van der Waals surface area (Å²) in [6.07, 6.45) is 0. The van der Waals surface area contributed by atoms with Crippen LogP contribution >= 0.6 is 0 Å². The zero-order chi connectivity index (χ0) is 15.5. The van der Waals surface area contributed by atoms with E-state index in [1.807, 2.05) is 0 Å². The molecule has 21 heavy (non-hydrogen) atoms. The third-order valence-electron chi connectivity index (χ3n) is 2.69. The first kappa shape index (κ1) is 15.4. The number of benzene rings is 1. The van der Waals surface area contributed by atoms with Crippen LogP contribution in [0.5, 0.6) is 5.75 Å². The molecule has 0 aliphatic carbocycles. The number of halogens is 1. The Morgan fingerprint density at radius 3 is 2.67 bits per heavy atom. The van der Waals surface area contributed by atoms with E-state index in [2.05, 4.69) is 36.2 Å². The number of rotatable bonds is 5. The average molecular weight is 293 g/mol. The lowest BCUT2D eigenvalue weighted by Gasteiger charge is -2.20. The van der Waals surface area contributed by atoms with Crippen molar-refractivity contribution in [3.63, 3.8) is 0 Å². The molecule has 1 aromatic heterocycles. The van der Waals surface area contributed by atoms with Gasteiger partial charge in [-0.25, -0.2) is 4.39 Å². The lowest BCUT2D eigenvalue weighted by molar-refractivity contribution is 0.284. The van der Waals surface area contributed by atoms with E-state index in [-0.39, 0.29) is 18.0 Å². The average Bonchev–Trinajstić information content (AvgIpc) is 2.79. The molecule has 0 saturated carbocycles. The summed E-state index contributed by atoms with van der Waals surface area (Å²) in [7, 11) is 0. The summed E-state index contributed by atoms with van der Waals surface area (Å²) in [6.45, 7) is 8.59. The van der Waals surface area contributed by atoms with Crippen LogP contribution in [0.3, 0.4) is 0 Å². The van der Waals surface area contributed by atoms with Crippen molar-refractivity contribution in [3.8, 4) is 5.75 Å². The van der Waals surface area contributed by atoms with Crippen LogP contribution in [0.15, 0.2) is 22.7 Å². The number of nitrogens with zero attached hydrogens (tertiary/aromatic N) is 2. The normalized spacial score (nSPS) is 11.7. The van der Waals surface area contributed by atoms with E-state index >= 15 is 0 Å². The molecule has 5 nitrogen and oxygen atoms in total. The van der Waals surface area contributed by atoms with E-state index in [1.54, 1.807) is 13.0 Å². The molecule has 6 heteroatoms. The van der Waals surface area contributed by atoms with Crippen LogP contribution in [0.2, 0.25) is 0 Å². The molecule has 114 valence electrons. The standard InChI is InChI=1S/C15H20FN3O2/c1-10-18-14(19-21-10)9-20-13-6-11(5-12(16)7-13)8-17-15(2,3)4/h5-7,17H,8-9H2,1-4H3. The molecule has 0 aliphatic rings. The Hall–Kier alpha value is -1.95. The van der Waals surface area contributed by atoms with E-state index in [0.29, 0.717) is 24.0 Å². The van der Waals surface area contributed by atoms with Gasteiger partial charge in [-0.05, 0) is 38.5 Å². The minimum Gasteiger partial charge on any atom is -0.485 e. The molecular weight excluding hydrogens is 273 g/mol. The number of aryl methyl sites for hydroxylation is 1. The Balaban J connectivity index is 2.01. The third-order valence-corrected chi connectivity index (χ3v) is 2.69. The maximum absolute atomic E-state index is 13.6. The molecule has 0 bridgehead atoms. The van der Waals surface area contributed by atoms with Gasteiger partial charge in [-0.15, -0.1) is 0 Å². The van der Waals surface area contributed by atoms with Gasteiger partial charge in [0.15, 0.2) is 6.61 Å². The second-order valence-electron chi connectivity index (χ2n) is 5.92. The monoisotopic (exact) mass is 293 g/mol. The number of hydrogen-bond acceptors (Lipinski definition) is 5. The van der Waals surface area contributed by atoms with Gasteiger partial charge in [0.05, 0.1) is 0 Å². The fourth-order valence-electron chi connectivity index (χ4n) is 1.72. The van der Waals surface area contributed by atoms with E-state index in [4.69, 9.17) is 9.26 Å². The van der Waals surface area contributed by atoms with Crippen molar-refractivity contribution in [2.45, 2.75) is 46.4 Å². The van der Waals surface area contributed by atoms with Gasteiger partial charge < -0.3 is 14.6 Å². The molecule has 1 N–H and O–H groups in total. The molecule has 0 radical (unpaired) electrons. The topological polar surface area (TPSA) is 60.2 Å². The minimum atomic E-state index is -0.331. The number of hydrogen-bond donors (Lipinski definition) is 1. The number of aromatic nitrogens is 2. The largest absolute Gasteiger partial charge is 0.485 e. The van der Waals surface area contributed by atoms with Crippen LogP contribution in [0, 0.1) is 12.7 Å². The molecule has 0 unspecified atom stereocenters. The first-order chi connectivity index (χ1) is 9.82. The van der Waals surface area contributed by atoms with Crippen molar-refractivity contribution >= 4 is 0 Å². The summed E-state index contributed by atoms with van der Waals surface area (Å²) >= 11 is 0. The highest BCUT2D eigenvalue weighted by Crippen LogP contribution is 2.18. The Labute approximate surface area is 123 Å². The van der Waals surface area contributed by atoms with Gasteiger partial charge in [0, 0.05) is 25.1 Å². The Bertz CT molecular complexity index is 605. The lowest BCUT2D eigenvalue weighted by Crippen LogP contribution is -2.35. The molecule has 0 spiro atoms. The van der Waals surface area contributed by atoms with Gasteiger partial charge in [-0.3, -0.25) is 0 Å². The molecule has 0 aliphatic heterocycles. The SMILES string of the molecule is Cc1nc(COc2cc(F)cc(CNC(C)(C)C)c2)no1. The molecule has 0 amide bonds. The fourth-order valence-corrected chi connectivity index (χ4v) is 1.72. The van der Waals surface area contributed by atoms with Gasteiger partial charge in [-0.1, -0.05) is 5.16 Å².